The maximum atomic E-state index is 12.4. The van der Waals surface area contributed by atoms with E-state index in [-0.39, 0.29) is 28.9 Å². The van der Waals surface area contributed by atoms with Crippen LogP contribution < -0.4 is 0 Å². The third kappa shape index (κ3) is 3.64. The van der Waals surface area contributed by atoms with Crippen molar-refractivity contribution in [1.82, 2.24) is 4.90 Å². The summed E-state index contributed by atoms with van der Waals surface area (Å²) in [6, 6.07) is 7.37. The van der Waals surface area contributed by atoms with Crippen LogP contribution in [-0.4, -0.2) is 43.8 Å². The van der Waals surface area contributed by atoms with Crippen LogP contribution >= 0.6 is 0 Å². The Morgan fingerprint density at radius 2 is 1.76 bits per heavy atom. The molecule has 116 valence electrons. The smallest absolute Gasteiger partial charge is 0.253 e. The van der Waals surface area contributed by atoms with E-state index in [0.29, 0.717) is 12.0 Å². The standard InChI is InChI=1S/C16H23NO3S/c1-16(2,3)13-7-5-12(6-8-13)15(18)17(4)14-9-10-21(19,20)11-14/h5-8,14H,9-11H2,1-4H3/t14-/m1/s1. The average molecular weight is 309 g/mol. The molecule has 2 rings (SSSR count). The first-order valence-corrected chi connectivity index (χ1v) is 9.00. The number of amides is 1. The van der Waals surface area contributed by atoms with Crippen LogP contribution in [0.25, 0.3) is 0 Å². The van der Waals surface area contributed by atoms with Gasteiger partial charge in [-0.1, -0.05) is 32.9 Å². The summed E-state index contributed by atoms with van der Waals surface area (Å²) in [5, 5.41) is 0. The number of hydrogen-bond donors (Lipinski definition) is 0. The molecular weight excluding hydrogens is 286 g/mol. The second-order valence-corrected chi connectivity index (χ2v) is 9.03. The average Bonchev–Trinajstić information content (AvgIpc) is 2.76. The van der Waals surface area contributed by atoms with Crippen molar-refractivity contribution in [2.45, 2.75) is 38.6 Å². The Balaban J connectivity index is 2.13. The molecule has 1 fully saturated rings. The zero-order valence-electron chi connectivity index (χ0n) is 13.1. The van der Waals surface area contributed by atoms with E-state index in [1.165, 1.54) is 5.56 Å². The summed E-state index contributed by atoms with van der Waals surface area (Å²) in [5.74, 6) is 0.144. The van der Waals surface area contributed by atoms with Gasteiger partial charge in [0.05, 0.1) is 11.5 Å². The van der Waals surface area contributed by atoms with Crippen molar-refractivity contribution < 1.29 is 13.2 Å². The Labute approximate surface area is 127 Å². The van der Waals surface area contributed by atoms with Crippen LogP contribution in [-0.2, 0) is 15.3 Å². The number of hydrogen-bond acceptors (Lipinski definition) is 3. The van der Waals surface area contributed by atoms with E-state index in [2.05, 4.69) is 20.8 Å². The van der Waals surface area contributed by atoms with Gasteiger partial charge in [-0.3, -0.25) is 4.79 Å². The molecule has 1 aliphatic rings. The molecule has 0 radical (unpaired) electrons. The van der Waals surface area contributed by atoms with Crippen molar-refractivity contribution in [3.63, 3.8) is 0 Å². The van der Waals surface area contributed by atoms with E-state index in [1.54, 1.807) is 11.9 Å². The summed E-state index contributed by atoms with van der Waals surface area (Å²) in [6.45, 7) is 6.37. The number of carbonyl (C=O) groups is 1. The Kier molecular flexibility index (Phi) is 4.15. The number of rotatable bonds is 2. The molecular formula is C16H23NO3S. The van der Waals surface area contributed by atoms with Gasteiger partial charge >= 0.3 is 0 Å². The highest BCUT2D eigenvalue weighted by atomic mass is 32.2. The molecule has 0 aliphatic carbocycles. The fraction of sp³-hybridized carbons (Fsp3) is 0.562. The lowest BCUT2D eigenvalue weighted by atomic mass is 9.86. The molecule has 5 heteroatoms. The van der Waals surface area contributed by atoms with Crippen LogP contribution in [0.3, 0.4) is 0 Å². The lowest BCUT2D eigenvalue weighted by Crippen LogP contribution is -2.37. The third-order valence-electron chi connectivity index (χ3n) is 4.07. The van der Waals surface area contributed by atoms with Gasteiger partial charge in [0.2, 0.25) is 0 Å². The Bertz CT molecular complexity index is 626. The molecule has 0 saturated carbocycles. The van der Waals surface area contributed by atoms with Gasteiger partial charge in [0, 0.05) is 18.7 Å². The highest BCUT2D eigenvalue weighted by Gasteiger charge is 2.33. The summed E-state index contributed by atoms with van der Waals surface area (Å²) in [5.41, 5.74) is 1.83. The molecule has 1 aromatic carbocycles. The predicted octanol–water partition coefficient (Wildman–Crippen LogP) is 2.24. The maximum absolute atomic E-state index is 12.4. The van der Waals surface area contributed by atoms with Crippen molar-refractivity contribution >= 4 is 15.7 Å². The van der Waals surface area contributed by atoms with Crippen molar-refractivity contribution in [3.05, 3.63) is 35.4 Å². The van der Waals surface area contributed by atoms with Crippen LogP contribution in [0.4, 0.5) is 0 Å². The molecule has 0 bridgehead atoms. The van der Waals surface area contributed by atoms with Gasteiger partial charge in [0.15, 0.2) is 9.84 Å². The lowest BCUT2D eigenvalue weighted by molar-refractivity contribution is 0.0747. The minimum atomic E-state index is -2.98. The minimum absolute atomic E-state index is 0.0486. The number of sulfone groups is 1. The number of nitrogens with zero attached hydrogens (tertiary/aromatic N) is 1. The monoisotopic (exact) mass is 309 g/mol. The van der Waals surface area contributed by atoms with Crippen molar-refractivity contribution in [2.24, 2.45) is 0 Å². The molecule has 1 saturated heterocycles. The topological polar surface area (TPSA) is 54.5 Å². The van der Waals surface area contributed by atoms with E-state index < -0.39 is 9.84 Å². The Morgan fingerprint density at radius 3 is 2.19 bits per heavy atom. The SMILES string of the molecule is CN(C(=O)c1ccc(C(C)(C)C)cc1)[C@@H]1CCS(=O)(=O)C1. The Morgan fingerprint density at radius 1 is 1.19 bits per heavy atom. The number of benzene rings is 1. The van der Waals surface area contributed by atoms with Gasteiger partial charge in [-0.15, -0.1) is 0 Å². The highest BCUT2D eigenvalue weighted by Crippen LogP contribution is 2.23. The first-order valence-electron chi connectivity index (χ1n) is 7.18. The zero-order chi connectivity index (χ0) is 15.8. The van der Waals surface area contributed by atoms with E-state index in [4.69, 9.17) is 0 Å². The minimum Gasteiger partial charge on any atom is -0.338 e. The quantitative estimate of drug-likeness (QED) is 0.842. The van der Waals surface area contributed by atoms with Crippen LogP contribution in [0.2, 0.25) is 0 Å². The van der Waals surface area contributed by atoms with Gasteiger partial charge in [-0.25, -0.2) is 8.42 Å². The van der Waals surface area contributed by atoms with Crippen molar-refractivity contribution in [1.29, 1.82) is 0 Å². The second kappa shape index (κ2) is 5.44. The molecule has 1 aliphatic heterocycles. The summed E-state index contributed by atoms with van der Waals surface area (Å²) in [6.07, 6.45) is 0.532. The first-order chi connectivity index (χ1) is 9.60. The summed E-state index contributed by atoms with van der Waals surface area (Å²) in [4.78, 5) is 14.0. The molecule has 21 heavy (non-hydrogen) atoms. The van der Waals surface area contributed by atoms with E-state index >= 15 is 0 Å². The van der Waals surface area contributed by atoms with Gasteiger partial charge in [0.25, 0.3) is 5.91 Å². The molecule has 4 nitrogen and oxygen atoms in total. The normalized spacial score (nSPS) is 21.2. The summed E-state index contributed by atoms with van der Waals surface area (Å²) >= 11 is 0. The first kappa shape index (κ1) is 16.0. The molecule has 1 aromatic rings. The fourth-order valence-corrected chi connectivity index (χ4v) is 4.34. The van der Waals surface area contributed by atoms with Crippen LogP contribution in [0.1, 0.15) is 43.1 Å². The largest absolute Gasteiger partial charge is 0.338 e. The molecule has 0 aromatic heterocycles. The molecule has 0 unspecified atom stereocenters. The van der Waals surface area contributed by atoms with Crippen LogP contribution in [0.15, 0.2) is 24.3 Å². The molecule has 1 atom stereocenters. The van der Waals surface area contributed by atoms with Crippen molar-refractivity contribution in [2.75, 3.05) is 18.6 Å². The van der Waals surface area contributed by atoms with Gasteiger partial charge in [0.1, 0.15) is 0 Å². The van der Waals surface area contributed by atoms with E-state index in [9.17, 15) is 13.2 Å². The Hall–Kier alpha value is -1.36. The summed E-state index contributed by atoms with van der Waals surface area (Å²) in [7, 11) is -1.29. The maximum Gasteiger partial charge on any atom is 0.253 e. The number of carbonyl (C=O) groups excluding carboxylic acids is 1. The fourth-order valence-electron chi connectivity index (χ4n) is 2.56. The molecule has 1 amide bonds. The summed E-state index contributed by atoms with van der Waals surface area (Å²) < 4.78 is 23.0. The van der Waals surface area contributed by atoms with Gasteiger partial charge < -0.3 is 4.90 Å². The van der Waals surface area contributed by atoms with E-state index in [0.717, 1.165) is 0 Å². The molecule has 0 spiro atoms. The zero-order valence-corrected chi connectivity index (χ0v) is 13.9. The second-order valence-electron chi connectivity index (χ2n) is 6.80. The van der Waals surface area contributed by atoms with Gasteiger partial charge in [-0.05, 0) is 29.5 Å². The van der Waals surface area contributed by atoms with Crippen molar-refractivity contribution in [3.8, 4) is 0 Å². The van der Waals surface area contributed by atoms with Crippen LogP contribution in [0, 0.1) is 0 Å². The predicted molar refractivity (Wildman–Crippen MR) is 84.3 cm³/mol. The molecule has 0 N–H and O–H groups in total. The van der Waals surface area contributed by atoms with E-state index in [1.807, 2.05) is 24.3 Å². The highest BCUT2D eigenvalue weighted by molar-refractivity contribution is 7.91. The third-order valence-corrected chi connectivity index (χ3v) is 5.82. The van der Waals surface area contributed by atoms with Crippen LogP contribution in [0.5, 0.6) is 0 Å². The molecule has 1 heterocycles. The van der Waals surface area contributed by atoms with Gasteiger partial charge in [-0.2, -0.15) is 0 Å². The lowest BCUT2D eigenvalue weighted by Gasteiger charge is -2.24.